The van der Waals surface area contributed by atoms with Crippen molar-refractivity contribution in [1.82, 2.24) is 9.97 Å². The van der Waals surface area contributed by atoms with Crippen LogP contribution in [0, 0.1) is 12.7 Å². The first kappa shape index (κ1) is 9.64. The van der Waals surface area contributed by atoms with Crippen LogP contribution in [0.25, 0.3) is 11.0 Å². The smallest absolute Gasteiger partial charge is 0.269 e. The van der Waals surface area contributed by atoms with Gasteiger partial charge in [0, 0.05) is 12.1 Å². The second-order valence-electron chi connectivity index (χ2n) is 3.15. The predicted molar refractivity (Wildman–Crippen MR) is 53.6 cm³/mol. The first-order valence-corrected chi connectivity index (χ1v) is 4.36. The molecule has 1 N–H and O–H groups in total. The van der Waals surface area contributed by atoms with Gasteiger partial charge in [-0.1, -0.05) is 0 Å². The molecular formula is C10H9FN2O2. The maximum atomic E-state index is 13.1. The van der Waals surface area contributed by atoms with Crippen LogP contribution in [0.4, 0.5) is 4.39 Å². The highest BCUT2D eigenvalue weighted by molar-refractivity contribution is 5.80. The molecule has 0 unspecified atom stereocenters. The molecule has 4 nitrogen and oxygen atoms in total. The molecule has 0 bridgehead atoms. The van der Waals surface area contributed by atoms with E-state index in [0.717, 1.165) is 0 Å². The van der Waals surface area contributed by atoms with Crippen molar-refractivity contribution in [1.29, 1.82) is 0 Å². The number of H-pyrrole nitrogens is 1. The molecule has 0 atom stereocenters. The summed E-state index contributed by atoms with van der Waals surface area (Å²) in [7, 11) is 1.41. The fourth-order valence-electron chi connectivity index (χ4n) is 1.38. The van der Waals surface area contributed by atoms with Gasteiger partial charge in [0.15, 0.2) is 0 Å². The van der Waals surface area contributed by atoms with Crippen molar-refractivity contribution in [2.45, 2.75) is 6.92 Å². The molecule has 78 valence electrons. The van der Waals surface area contributed by atoms with Crippen LogP contribution in [0.3, 0.4) is 0 Å². The number of aryl methyl sites for hydroxylation is 1. The Morgan fingerprint density at radius 1 is 1.47 bits per heavy atom. The molecule has 2 rings (SSSR count). The molecule has 1 aromatic heterocycles. The second kappa shape index (κ2) is 3.34. The van der Waals surface area contributed by atoms with E-state index in [1.54, 1.807) is 6.92 Å². The lowest BCUT2D eigenvalue weighted by molar-refractivity contribution is 0.415. The first-order valence-electron chi connectivity index (χ1n) is 4.36. The number of ether oxygens (including phenoxy) is 1. The first-order chi connectivity index (χ1) is 7.11. The van der Waals surface area contributed by atoms with E-state index in [0.29, 0.717) is 16.7 Å². The molecule has 15 heavy (non-hydrogen) atoms. The van der Waals surface area contributed by atoms with Gasteiger partial charge in [0.25, 0.3) is 5.56 Å². The molecule has 5 heteroatoms. The maximum absolute atomic E-state index is 13.1. The van der Waals surface area contributed by atoms with E-state index in [2.05, 4.69) is 9.97 Å². The van der Waals surface area contributed by atoms with Crippen molar-refractivity contribution < 1.29 is 9.13 Å². The SMILES string of the molecule is COc1cc(F)cc2nc(C)c(=O)[nH]c12. The third kappa shape index (κ3) is 1.56. The Morgan fingerprint density at radius 2 is 2.20 bits per heavy atom. The monoisotopic (exact) mass is 208 g/mol. The van der Waals surface area contributed by atoms with Crippen molar-refractivity contribution in [3.05, 3.63) is 34.0 Å². The van der Waals surface area contributed by atoms with Crippen LogP contribution in [0.15, 0.2) is 16.9 Å². The highest BCUT2D eigenvalue weighted by Crippen LogP contribution is 2.22. The highest BCUT2D eigenvalue weighted by atomic mass is 19.1. The number of nitrogens with one attached hydrogen (secondary N) is 1. The number of fused-ring (bicyclic) bond motifs is 1. The number of hydrogen-bond donors (Lipinski definition) is 1. The van der Waals surface area contributed by atoms with Gasteiger partial charge in [-0.25, -0.2) is 9.37 Å². The number of halogens is 1. The van der Waals surface area contributed by atoms with Gasteiger partial charge in [-0.05, 0) is 6.92 Å². The van der Waals surface area contributed by atoms with Crippen LogP contribution in [0.5, 0.6) is 5.75 Å². The summed E-state index contributed by atoms with van der Waals surface area (Å²) in [5, 5.41) is 0. The number of methoxy groups -OCH3 is 1. The molecular weight excluding hydrogens is 199 g/mol. The van der Waals surface area contributed by atoms with Crippen molar-refractivity contribution >= 4 is 11.0 Å². The quantitative estimate of drug-likeness (QED) is 0.770. The molecule has 0 radical (unpaired) electrons. The molecule has 0 fully saturated rings. The summed E-state index contributed by atoms with van der Waals surface area (Å²) in [4.78, 5) is 17.9. The molecule has 1 heterocycles. The summed E-state index contributed by atoms with van der Waals surface area (Å²) in [6, 6.07) is 2.45. The van der Waals surface area contributed by atoms with Gasteiger partial charge in [-0.3, -0.25) is 4.79 Å². The van der Waals surface area contributed by atoms with Crippen LogP contribution >= 0.6 is 0 Å². The Balaban J connectivity index is 2.91. The van der Waals surface area contributed by atoms with Crippen LogP contribution in [0.1, 0.15) is 5.69 Å². The van der Waals surface area contributed by atoms with E-state index < -0.39 is 5.82 Å². The van der Waals surface area contributed by atoms with Gasteiger partial charge in [0.05, 0.1) is 12.6 Å². The van der Waals surface area contributed by atoms with Crippen LogP contribution in [-0.2, 0) is 0 Å². The zero-order valence-corrected chi connectivity index (χ0v) is 8.30. The van der Waals surface area contributed by atoms with E-state index in [-0.39, 0.29) is 11.3 Å². The van der Waals surface area contributed by atoms with Crippen LogP contribution < -0.4 is 10.3 Å². The number of benzene rings is 1. The van der Waals surface area contributed by atoms with Crippen LogP contribution in [0.2, 0.25) is 0 Å². The van der Waals surface area contributed by atoms with Crippen LogP contribution in [-0.4, -0.2) is 17.1 Å². The number of nitrogens with zero attached hydrogens (tertiary/aromatic N) is 1. The van der Waals surface area contributed by atoms with E-state index in [1.165, 1.54) is 19.2 Å². The van der Waals surface area contributed by atoms with Crippen molar-refractivity contribution in [3.63, 3.8) is 0 Å². The molecule has 1 aromatic carbocycles. The van der Waals surface area contributed by atoms with E-state index in [1.807, 2.05) is 0 Å². The van der Waals surface area contributed by atoms with Gasteiger partial charge < -0.3 is 9.72 Å². The molecule has 0 aliphatic heterocycles. The standard InChI is InChI=1S/C10H9FN2O2/c1-5-10(14)13-9-7(12-5)3-6(11)4-8(9)15-2/h3-4H,1-2H3,(H,13,14). The van der Waals surface area contributed by atoms with Gasteiger partial charge in [-0.2, -0.15) is 0 Å². The lowest BCUT2D eigenvalue weighted by Crippen LogP contribution is -2.12. The van der Waals surface area contributed by atoms with E-state index >= 15 is 0 Å². The largest absolute Gasteiger partial charge is 0.494 e. The van der Waals surface area contributed by atoms with E-state index in [9.17, 15) is 9.18 Å². The topological polar surface area (TPSA) is 55.0 Å². The summed E-state index contributed by atoms with van der Waals surface area (Å²) in [6.45, 7) is 1.57. The Labute approximate surface area is 84.7 Å². The summed E-state index contributed by atoms with van der Waals surface area (Å²) in [6.07, 6.45) is 0. The molecule has 0 aliphatic carbocycles. The Hall–Kier alpha value is -1.91. The fourth-order valence-corrected chi connectivity index (χ4v) is 1.38. The Bertz CT molecular complexity index is 577. The predicted octanol–water partition coefficient (Wildman–Crippen LogP) is 1.38. The van der Waals surface area contributed by atoms with Gasteiger partial charge in [-0.15, -0.1) is 0 Å². The highest BCUT2D eigenvalue weighted by Gasteiger charge is 2.08. The summed E-state index contributed by atoms with van der Waals surface area (Å²) < 4.78 is 18.1. The molecule has 2 aromatic rings. The minimum atomic E-state index is -0.446. The van der Waals surface area contributed by atoms with Crippen molar-refractivity contribution in [3.8, 4) is 5.75 Å². The molecule has 0 aliphatic rings. The molecule has 0 amide bonds. The number of aromatic amines is 1. The van der Waals surface area contributed by atoms with Crippen molar-refractivity contribution in [2.75, 3.05) is 7.11 Å². The molecule has 0 spiro atoms. The lowest BCUT2D eigenvalue weighted by Gasteiger charge is -2.05. The molecule has 0 saturated carbocycles. The van der Waals surface area contributed by atoms with Crippen molar-refractivity contribution in [2.24, 2.45) is 0 Å². The van der Waals surface area contributed by atoms with E-state index in [4.69, 9.17) is 4.74 Å². The lowest BCUT2D eigenvalue weighted by atomic mass is 10.2. The Morgan fingerprint density at radius 3 is 2.87 bits per heavy atom. The zero-order valence-electron chi connectivity index (χ0n) is 8.30. The second-order valence-corrected chi connectivity index (χ2v) is 3.15. The minimum absolute atomic E-state index is 0.273. The maximum Gasteiger partial charge on any atom is 0.269 e. The average Bonchev–Trinajstić information content (AvgIpc) is 2.19. The minimum Gasteiger partial charge on any atom is -0.494 e. The summed E-state index contributed by atoms with van der Waals surface area (Å²) >= 11 is 0. The Kier molecular flexibility index (Phi) is 2.15. The van der Waals surface area contributed by atoms with Gasteiger partial charge in [0.2, 0.25) is 0 Å². The third-order valence-corrected chi connectivity index (χ3v) is 2.12. The third-order valence-electron chi connectivity index (χ3n) is 2.12. The number of hydrogen-bond acceptors (Lipinski definition) is 3. The number of aromatic nitrogens is 2. The average molecular weight is 208 g/mol. The fraction of sp³-hybridized carbons (Fsp3) is 0.200. The summed E-state index contributed by atoms with van der Waals surface area (Å²) in [5.74, 6) is -0.173. The normalized spacial score (nSPS) is 10.6. The summed E-state index contributed by atoms with van der Waals surface area (Å²) in [5.41, 5.74) is 0.793. The zero-order chi connectivity index (χ0) is 11.0. The van der Waals surface area contributed by atoms with Gasteiger partial charge >= 0.3 is 0 Å². The number of rotatable bonds is 1. The molecule has 0 saturated heterocycles. The van der Waals surface area contributed by atoms with Gasteiger partial charge in [0.1, 0.15) is 22.8 Å².